The Kier molecular flexibility index (Phi) is 5.71. The number of nitrogens with zero attached hydrogens (tertiary/aromatic N) is 3. The first-order chi connectivity index (χ1) is 14.1. The fourth-order valence-corrected chi connectivity index (χ4v) is 4.13. The molecular formula is C21H28N4O4. The highest BCUT2D eigenvalue weighted by Gasteiger charge is 2.41. The van der Waals surface area contributed by atoms with Crippen molar-refractivity contribution in [1.82, 2.24) is 20.4 Å². The van der Waals surface area contributed by atoms with Gasteiger partial charge in [-0.25, -0.2) is 4.79 Å². The van der Waals surface area contributed by atoms with E-state index in [4.69, 9.17) is 14.0 Å². The molecule has 2 aromatic rings. The number of piperidine rings is 1. The number of hydrogen-bond donors (Lipinski definition) is 1. The average Bonchev–Trinajstić information content (AvgIpc) is 3.21. The summed E-state index contributed by atoms with van der Waals surface area (Å²) in [5, 5.41) is 6.77. The van der Waals surface area contributed by atoms with Crippen LogP contribution in [0, 0.1) is 0 Å². The summed E-state index contributed by atoms with van der Waals surface area (Å²) in [6, 6.07) is 6.18. The van der Waals surface area contributed by atoms with Crippen molar-refractivity contribution in [2.75, 3.05) is 26.2 Å². The SMILES string of the molecule is CCNC(=O)N1CCC2(CC1)OCCc1cc(OCc3nc(CC)no3)ccc12. The molecule has 0 bridgehead atoms. The number of benzene rings is 1. The van der Waals surface area contributed by atoms with Crippen molar-refractivity contribution < 1.29 is 18.8 Å². The van der Waals surface area contributed by atoms with E-state index in [1.54, 1.807) is 0 Å². The number of urea groups is 1. The van der Waals surface area contributed by atoms with E-state index in [0.29, 0.717) is 38.0 Å². The smallest absolute Gasteiger partial charge is 0.317 e. The molecule has 8 heteroatoms. The summed E-state index contributed by atoms with van der Waals surface area (Å²) in [6.07, 6.45) is 3.20. The van der Waals surface area contributed by atoms with Gasteiger partial charge in [0.05, 0.1) is 12.2 Å². The van der Waals surface area contributed by atoms with Crippen LogP contribution in [-0.4, -0.2) is 47.3 Å². The number of fused-ring (bicyclic) bond motifs is 2. The Morgan fingerprint density at radius 1 is 1.31 bits per heavy atom. The summed E-state index contributed by atoms with van der Waals surface area (Å²) in [4.78, 5) is 18.3. The van der Waals surface area contributed by atoms with Gasteiger partial charge in [0, 0.05) is 26.1 Å². The molecule has 0 saturated carbocycles. The van der Waals surface area contributed by atoms with Gasteiger partial charge in [0.1, 0.15) is 5.75 Å². The highest BCUT2D eigenvalue weighted by Crippen LogP contribution is 2.42. The number of ether oxygens (including phenoxy) is 2. The quantitative estimate of drug-likeness (QED) is 0.830. The average molecular weight is 400 g/mol. The van der Waals surface area contributed by atoms with E-state index < -0.39 is 0 Å². The lowest BCUT2D eigenvalue weighted by Gasteiger charge is -2.45. The van der Waals surface area contributed by atoms with Gasteiger partial charge < -0.3 is 24.2 Å². The fraction of sp³-hybridized carbons (Fsp3) is 0.571. The predicted octanol–water partition coefficient (Wildman–Crippen LogP) is 2.80. The first-order valence-corrected chi connectivity index (χ1v) is 10.4. The van der Waals surface area contributed by atoms with Crippen LogP contribution in [-0.2, 0) is 29.8 Å². The minimum absolute atomic E-state index is 0.00869. The topological polar surface area (TPSA) is 89.7 Å². The Bertz CT molecular complexity index is 858. The van der Waals surface area contributed by atoms with Crippen molar-refractivity contribution in [3.05, 3.63) is 41.0 Å². The van der Waals surface area contributed by atoms with Crippen molar-refractivity contribution in [3.63, 3.8) is 0 Å². The summed E-state index contributed by atoms with van der Waals surface area (Å²) in [5.74, 6) is 1.96. The largest absolute Gasteiger partial charge is 0.484 e. The molecule has 2 aliphatic rings. The molecule has 1 fully saturated rings. The van der Waals surface area contributed by atoms with E-state index in [-0.39, 0.29) is 18.2 Å². The van der Waals surface area contributed by atoms with Crippen molar-refractivity contribution >= 4 is 6.03 Å². The van der Waals surface area contributed by atoms with E-state index >= 15 is 0 Å². The van der Waals surface area contributed by atoms with Crippen LogP contribution in [0.3, 0.4) is 0 Å². The van der Waals surface area contributed by atoms with Gasteiger partial charge in [-0.15, -0.1) is 0 Å². The van der Waals surface area contributed by atoms with Crippen LogP contribution in [0.1, 0.15) is 49.5 Å². The molecule has 29 heavy (non-hydrogen) atoms. The zero-order valence-electron chi connectivity index (χ0n) is 17.1. The monoisotopic (exact) mass is 400 g/mol. The van der Waals surface area contributed by atoms with Gasteiger partial charge in [-0.3, -0.25) is 0 Å². The van der Waals surface area contributed by atoms with Gasteiger partial charge >= 0.3 is 6.03 Å². The lowest BCUT2D eigenvalue weighted by molar-refractivity contribution is -0.0926. The maximum atomic E-state index is 12.1. The Labute approximate surface area is 170 Å². The molecule has 156 valence electrons. The molecule has 4 rings (SSSR count). The molecule has 1 saturated heterocycles. The third-order valence-corrected chi connectivity index (χ3v) is 5.69. The maximum absolute atomic E-state index is 12.1. The van der Waals surface area contributed by atoms with Gasteiger partial charge in [0.2, 0.25) is 0 Å². The van der Waals surface area contributed by atoms with Crippen LogP contribution in [0.15, 0.2) is 22.7 Å². The standard InChI is InChI=1S/C21H28N4O4/c1-3-18-23-19(29-24-18)14-27-16-5-6-17-15(13-16)7-12-28-21(17)8-10-25(11-9-21)20(26)22-4-2/h5-6,13H,3-4,7-12,14H2,1-2H3,(H,22,26). The first-order valence-electron chi connectivity index (χ1n) is 10.4. The van der Waals surface area contributed by atoms with Gasteiger partial charge in [-0.05, 0) is 49.4 Å². The summed E-state index contributed by atoms with van der Waals surface area (Å²) >= 11 is 0. The van der Waals surface area contributed by atoms with Crippen molar-refractivity contribution in [1.29, 1.82) is 0 Å². The van der Waals surface area contributed by atoms with E-state index in [0.717, 1.165) is 31.4 Å². The summed E-state index contributed by atoms with van der Waals surface area (Å²) in [6.45, 7) is 6.89. The molecule has 2 aliphatic heterocycles. The number of rotatable bonds is 5. The highest BCUT2D eigenvalue weighted by molar-refractivity contribution is 5.74. The number of amides is 2. The van der Waals surface area contributed by atoms with Gasteiger partial charge in [0.15, 0.2) is 12.4 Å². The Balaban J connectivity index is 1.44. The second-order valence-corrected chi connectivity index (χ2v) is 7.48. The van der Waals surface area contributed by atoms with Crippen LogP contribution in [0.4, 0.5) is 4.79 Å². The van der Waals surface area contributed by atoms with Crippen LogP contribution in [0.25, 0.3) is 0 Å². The molecule has 0 unspecified atom stereocenters. The highest BCUT2D eigenvalue weighted by atomic mass is 16.5. The number of nitrogens with one attached hydrogen (secondary N) is 1. The Morgan fingerprint density at radius 2 is 2.14 bits per heavy atom. The summed E-state index contributed by atoms with van der Waals surface area (Å²) in [5.41, 5.74) is 2.16. The molecule has 1 aromatic heterocycles. The third kappa shape index (κ3) is 4.07. The predicted molar refractivity (Wildman–Crippen MR) is 106 cm³/mol. The molecule has 1 aromatic carbocycles. The van der Waals surface area contributed by atoms with Crippen LogP contribution in [0.5, 0.6) is 5.75 Å². The minimum atomic E-state index is -0.308. The second-order valence-electron chi connectivity index (χ2n) is 7.48. The van der Waals surface area contributed by atoms with E-state index in [9.17, 15) is 4.79 Å². The molecular weight excluding hydrogens is 372 g/mol. The molecule has 8 nitrogen and oxygen atoms in total. The van der Waals surface area contributed by atoms with Gasteiger partial charge in [-0.2, -0.15) is 4.98 Å². The Hall–Kier alpha value is -2.61. The summed E-state index contributed by atoms with van der Waals surface area (Å²) in [7, 11) is 0. The minimum Gasteiger partial charge on any atom is -0.484 e. The van der Waals surface area contributed by atoms with Gasteiger partial charge in [-0.1, -0.05) is 18.1 Å². The number of carbonyl (C=O) groups excluding carboxylic acids is 1. The Morgan fingerprint density at radius 3 is 2.86 bits per heavy atom. The van der Waals surface area contributed by atoms with Crippen molar-refractivity contribution in [2.24, 2.45) is 0 Å². The van der Waals surface area contributed by atoms with Crippen molar-refractivity contribution in [2.45, 2.75) is 51.7 Å². The molecule has 1 N–H and O–H groups in total. The fourth-order valence-electron chi connectivity index (χ4n) is 4.13. The lowest BCUT2D eigenvalue weighted by atomic mass is 9.79. The molecule has 1 spiro atoms. The second kappa shape index (κ2) is 8.41. The van der Waals surface area contributed by atoms with Gasteiger partial charge in [0.25, 0.3) is 5.89 Å². The van der Waals surface area contributed by atoms with Crippen LogP contribution < -0.4 is 10.1 Å². The first kappa shape index (κ1) is 19.7. The zero-order valence-corrected chi connectivity index (χ0v) is 17.1. The zero-order chi connectivity index (χ0) is 20.3. The van der Waals surface area contributed by atoms with Crippen LogP contribution >= 0.6 is 0 Å². The van der Waals surface area contributed by atoms with Crippen molar-refractivity contribution in [3.8, 4) is 5.75 Å². The third-order valence-electron chi connectivity index (χ3n) is 5.69. The molecule has 2 amide bonds. The number of carbonyl (C=O) groups is 1. The van der Waals surface area contributed by atoms with E-state index in [2.05, 4.69) is 27.6 Å². The van der Waals surface area contributed by atoms with E-state index in [1.165, 1.54) is 11.1 Å². The molecule has 3 heterocycles. The normalized spacial score (nSPS) is 17.8. The molecule has 0 atom stereocenters. The maximum Gasteiger partial charge on any atom is 0.317 e. The molecule has 0 aliphatic carbocycles. The van der Waals surface area contributed by atoms with Crippen LogP contribution in [0.2, 0.25) is 0 Å². The number of likely N-dealkylation sites (tertiary alicyclic amines) is 1. The summed E-state index contributed by atoms with van der Waals surface area (Å²) < 4.78 is 17.3. The van der Waals surface area contributed by atoms with E-state index in [1.807, 2.05) is 24.8 Å². The number of hydrogen-bond acceptors (Lipinski definition) is 6. The number of aryl methyl sites for hydroxylation is 1. The molecule has 0 radical (unpaired) electrons. The number of aromatic nitrogens is 2. The lowest BCUT2D eigenvalue weighted by Crippen LogP contribution is -2.50.